The molecule has 1 atom stereocenters. The fourth-order valence-electron chi connectivity index (χ4n) is 3.46. The Balaban J connectivity index is 1.59. The number of hydrogen-bond donors (Lipinski definition) is 0. The first kappa shape index (κ1) is 16.9. The molecule has 3 heterocycles. The van der Waals surface area contributed by atoms with E-state index in [0.717, 1.165) is 18.8 Å². The minimum absolute atomic E-state index is 0.661. The van der Waals surface area contributed by atoms with Crippen LogP contribution >= 0.6 is 0 Å². The Kier molecular flexibility index (Phi) is 5.81. The molecule has 0 amide bonds. The molecule has 2 aromatic rings. The van der Waals surface area contributed by atoms with Crippen LogP contribution in [0.4, 0.5) is 5.82 Å². The largest absolute Gasteiger partial charge is 0.363 e. The number of aromatic nitrogens is 2. The van der Waals surface area contributed by atoms with Crippen LogP contribution in [0.1, 0.15) is 36.9 Å². The summed E-state index contributed by atoms with van der Waals surface area (Å²) in [7, 11) is 4.06. The molecule has 128 valence electrons. The Labute approximate surface area is 145 Å². The third kappa shape index (κ3) is 4.54. The van der Waals surface area contributed by atoms with E-state index in [0.29, 0.717) is 6.04 Å². The third-order valence-electron chi connectivity index (χ3n) is 4.86. The van der Waals surface area contributed by atoms with Crippen molar-refractivity contribution in [3.8, 4) is 0 Å². The summed E-state index contributed by atoms with van der Waals surface area (Å²) in [4.78, 5) is 13.7. The number of pyridine rings is 2. The minimum atomic E-state index is 0.661. The fourth-order valence-corrected chi connectivity index (χ4v) is 3.46. The van der Waals surface area contributed by atoms with Crippen LogP contribution in [0.5, 0.6) is 0 Å². The number of piperidine rings is 1. The van der Waals surface area contributed by atoms with Gasteiger partial charge in [0.25, 0.3) is 0 Å². The monoisotopic (exact) mass is 324 g/mol. The van der Waals surface area contributed by atoms with Gasteiger partial charge in [-0.15, -0.1) is 0 Å². The Morgan fingerprint density at radius 2 is 2.04 bits per heavy atom. The van der Waals surface area contributed by atoms with E-state index >= 15 is 0 Å². The van der Waals surface area contributed by atoms with Gasteiger partial charge in [0, 0.05) is 44.8 Å². The van der Waals surface area contributed by atoms with Crippen molar-refractivity contribution < 1.29 is 0 Å². The highest BCUT2D eigenvalue weighted by molar-refractivity contribution is 5.37. The van der Waals surface area contributed by atoms with Gasteiger partial charge in [0.1, 0.15) is 5.82 Å². The first-order valence-corrected chi connectivity index (χ1v) is 8.98. The lowest BCUT2D eigenvalue weighted by atomic mass is 9.96. The van der Waals surface area contributed by atoms with Gasteiger partial charge in [0.15, 0.2) is 0 Å². The Bertz CT molecular complexity index is 609. The summed E-state index contributed by atoms with van der Waals surface area (Å²) in [6.07, 6.45) is 10.1. The minimum Gasteiger partial charge on any atom is -0.363 e. The lowest BCUT2D eigenvalue weighted by Crippen LogP contribution is -2.39. The Hall–Kier alpha value is -1.94. The molecular weight excluding hydrogens is 296 g/mol. The normalized spacial score (nSPS) is 18.5. The number of aryl methyl sites for hydroxylation is 1. The first-order chi connectivity index (χ1) is 11.7. The average molecular weight is 324 g/mol. The van der Waals surface area contributed by atoms with Crippen LogP contribution in [0.25, 0.3) is 0 Å². The quantitative estimate of drug-likeness (QED) is 0.814. The maximum absolute atomic E-state index is 4.55. The molecule has 1 saturated heterocycles. The predicted octanol–water partition coefficient (Wildman–Crippen LogP) is 3.53. The van der Waals surface area contributed by atoms with Crippen LogP contribution in [0.3, 0.4) is 0 Å². The second kappa shape index (κ2) is 8.25. The maximum atomic E-state index is 4.55. The van der Waals surface area contributed by atoms with E-state index in [9.17, 15) is 0 Å². The Morgan fingerprint density at radius 1 is 1.12 bits per heavy atom. The van der Waals surface area contributed by atoms with Crippen LogP contribution in [0.2, 0.25) is 0 Å². The molecule has 2 aromatic heterocycles. The maximum Gasteiger partial charge on any atom is 0.127 e. The summed E-state index contributed by atoms with van der Waals surface area (Å²) in [6.45, 7) is 2.20. The second-order valence-corrected chi connectivity index (χ2v) is 6.90. The molecule has 0 saturated carbocycles. The second-order valence-electron chi connectivity index (χ2n) is 6.90. The highest BCUT2D eigenvalue weighted by Crippen LogP contribution is 2.23. The average Bonchev–Trinajstić information content (AvgIpc) is 2.62. The molecule has 1 aliphatic heterocycles. The van der Waals surface area contributed by atoms with Crippen molar-refractivity contribution in [1.29, 1.82) is 0 Å². The molecule has 24 heavy (non-hydrogen) atoms. The SMILES string of the molecule is CN(C)c1ccc(CN2CCCC[C@@H]2CCc2ccccn2)cn1. The molecule has 0 unspecified atom stereocenters. The van der Waals surface area contributed by atoms with E-state index < -0.39 is 0 Å². The summed E-state index contributed by atoms with van der Waals surface area (Å²) in [6, 6.07) is 11.2. The van der Waals surface area contributed by atoms with Gasteiger partial charge in [-0.05, 0) is 56.0 Å². The molecule has 3 rings (SSSR count). The number of rotatable bonds is 6. The lowest BCUT2D eigenvalue weighted by Gasteiger charge is -2.36. The van der Waals surface area contributed by atoms with Crippen LogP contribution in [0, 0.1) is 0 Å². The molecule has 1 fully saturated rings. The van der Waals surface area contributed by atoms with E-state index in [1.165, 1.54) is 43.5 Å². The standard InChI is InChI=1S/C20H28N4/c1-23(2)20-12-9-17(15-22-20)16-24-14-6-4-8-19(24)11-10-18-7-3-5-13-21-18/h3,5,7,9,12-13,15,19H,4,6,8,10-11,14,16H2,1-2H3/t19-/m1/s1. The zero-order valence-electron chi connectivity index (χ0n) is 14.9. The van der Waals surface area contributed by atoms with E-state index in [-0.39, 0.29) is 0 Å². The summed E-state index contributed by atoms with van der Waals surface area (Å²) < 4.78 is 0. The molecule has 4 heteroatoms. The molecule has 0 aliphatic carbocycles. The van der Waals surface area contributed by atoms with Gasteiger partial charge >= 0.3 is 0 Å². The van der Waals surface area contributed by atoms with Crippen LogP contribution in [-0.2, 0) is 13.0 Å². The summed E-state index contributed by atoms with van der Waals surface area (Å²) in [5.74, 6) is 1.02. The fraction of sp³-hybridized carbons (Fsp3) is 0.500. The van der Waals surface area contributed by atoms with Gasteiger partial charge < -0.3 is 4.90 Å². The van der Waals surface area contributed by atoms with E-state index in [2.05, 4.69) is 39.1 Å². The Morgan fingerprint density at radius 3 is 2.75 bits per heavy atom. The van der Waals surface area contributed by atoms with Crippen molar-refractivity contribution in [2.45, 2.75) is 44.7 Å². The van der Waals surface area contributed by atoms with Crippen molar-refractivity contribution in [3.05, 3.63) is 54.0 Å². The lowest BCUT2D eigenvalue weighted by molar-refractivity contribution is 0.132. The molecular formula is C20H28N4. The number of likely N-dealkylation sites (tertiary alicyclic amines) is 1. The smallest absolute Gasteiger partial charge is 0.127 e. The number of hydrogen-bond acceptors (Lipinski definition) is 4. The van der Waals surface area contributed by atoms with Gasteiger partial charge in [0.05, 0.1) is 0 Å². The van der Waals surface area contributed by atoms with E-state index in [1.807, 2.05) is 37.5 Å². The topological polar surface area (TPSA) is 32.3 Å². The summed E-state index contributed by atoms with van der Waals surface area (Å²) >= 11 is 0. The molecule has 4 nitrogen and oxygen atoms in total. The van der Waals surface area contributed by atoms with Crippen molar-refractivity contribution in [2.24, 2.45) is 0 Å². The van der Waals surface area contributed by atoms with Crippen LogP contribution in [-0.4, -0.2) is 41.5 Å². The van der Waals surface area contributed by atoms with Crippen molar-refractivity contribution >= 4 is 5.82 Å². The predicted molar refractivity (Wildman–Crippen MR) is 99.2 cm³/mol. The van der Waals surface area contributed by atoms with Gasteiger partial charge in [-0.1, -0.05) is 18.6 Å². The van der Waals surface area contributed by atoms with Gasteiger partial charge in [0.2, 0.25) is 0 Å². The van der Waals surface area contributed by atoms with E-state index in [1.54, 1.807) is 0 Å². The first-order valence-electron chi connectivity index (χ1n) is 8.98. The zero-order valence-corrected chi connectivity index (χ0v) is 14.9. The highest BCUT2D eigenvalue weighted by Gasteiger charge is 2.22. The molecule has 0 N–H and O–H groups in total. The molecule has 0 spiro atoms. The number of nitrogens with zero attached hydrogens (tertiary/aromatic N) is 4. The number of anilines is 1. The van der Waals surface area contributed by atoms with Gasteiger partial charge in [-0.25, -0.2) is 4.98 Å². The molecule has 0 aromatic carbocycles. The van der Waals surface area contributed by atoms with Crippen molar-refractivity contribution in [2.75, 3.05) is 25.5 Å². The molecule has 0 radical (unpaired) electrons. The van der Waals surface area contributed by atoms with Crippen LogP contribution in [0.15, 0.2) is 42.7 Å². The van der Waals surface area contributed by atoms with Crippen LogP contribution < -0.4 is 4.90 Å². The summed E-state index contributed by atoms with van der Waals surface area (Å²) in [5.41, 5.74) is 2.52. The zero-order chi connectivity index (χ0) is 16.8. The van der Waals surface area contributed by atoms with Crippen molar-refractivity contribution in [3.63, 3.8) is 0 Å². The van der Waals surface area contributed by atoms with E-state index in [4.69, 9.17) is 0 Å². The van der Waals surface area contributed by atoms with Gasteiger partial charge in [-0.3, -0.25) is 9.88 Å². The van der Waals surface area contributed by atoms with Crippen molar-refractivity contribution in [1.82, 2.24) is 14.9 Å². The molecule has 1 aliphatic rings. The summed E-state index contributed by atoms with van der Waals surface area (Å²) in [5, 5.41) is 0. The third-order valence-corrected chi connectivity index (χ3v) is 4.86. The molecule has 0 bridgehead atoms. The highest BCUT2D eigenvalue weighted by atomic mass is 15.2. The van der Waals surface area contributed by atoms with Gasteiger partial charge in [-0.2, -0.15) is 0 Å².